The molecule has 0 atom stereocenters. The number of benzene rings is 9. The summed E-state index contributed by atoms with van der Waals surface area (Å²) in [6, 6.07) is 65.6. The Hall–Kier alpha value is -6.44. The Bertz CT molecular complexity index is 2820. The summed E-state index contributed by atoms with van der Waals surface area (Å²) < 4.78 is 7.14. The van der Waals surface area contributed by atoms with Gasteiger partial charge in [-0.2, -0.15) is 0 Å². The second-order valence-corrected chi connectivity index (χ2v) is 12.9. The summed E-state index contributed by atoms with van der Waals surface area (Å²) in [6.07, 6.45) is 0. The van der Waals surface area contributed by atoms with E-state index in [-0.39, 0.29) is 0 Å². The third-order valence-corrected chi connectivity index (χ3v) is 10.0. The molecule has 0 radical (unpaired) electrons. The lowest BCUT2D eigenvalue weighted by molar-refractivity contribution is 0.674. The molecule has 1 aromatic heterocycles. The summed E-state index contributed by atoms with van der Waals surface area (Å²) in [5.74, 6) is 0. The fraction of sp³-hybridized carbons (Fsp3) is 0. The van der Waals surface area contributed by atoms with E-state index in [1.54, 1.807) is 0 Å². The number of fused-ring (bicyclic) bond motifs is 10. The topological polar surface area (TPSA) is 13.1 Å². The molecular formula is C48H30O. The summed E-state index contributed by atoms with van der Waals surface area (Å²) in [7, 11) is 0. The standard InChI is InChI=1S/C48H30O/c1-3-13-31(14-4-1)33-17-11-19-35(27-33)37-29-44(36-20-12-18-34(28-36)32-15-5-2-6-16-32)47-45(30-37)43-26-25-42-40-23-8-7-21-38(40)39-22-9-10-24-41(39)46(42)48(43)49-47/h1-30H. The molecule has 1 nitrogen and oxygen atoms in total. The van der Waals surface area contributed by atoms with Crippen molar-refractivity contribution in [2.24, 2.45) is 0 Å². The molecule has 9 aromatic carbocycles. The van der Waals surface area contributed by atoms with Gasteiger partial charge in [-0.1, -0.05) is 152 Å². The molecular weight excluding hydrogens is 593 g/mol. The average Bonchev–Trinajstić information content (AvgIpc) is 3.57. The van der Waals surface area contributed by atoms with Gasteiger partial charge in [-0.05, 0) is 96.2 Å². The molecule has 0 fully saturated rings. The van der Waals surface area contributed by atoms with Crippen LogP contribution in [-0.4, -0.2) is 0 Å². The molecule has 0 bridgehead atoms. The molecule has 0 aliphatic rings. The lowest BCUT2D eigenvalue weighted by Crippen LogP contribution is -1.86. The number of rotatable bonds is 4. The Morgan fingerprint density at radius 2 is 0.694 bits per heavy atom. The van der Waals surface area contributed by atoms with Crippen molar-refractivity contribution in [1.82, 2.24) is 0 Å². The molecule has 0 aliphatic heterocycles. The summed E-state index contributed by atoms with van der Waals surface area (Å²) in [6.45, 7) is 0. The van der Waals surface area contributed by atoms with Crippen molar-refractivity contribution in [2.75, 3.05) is 0 Å². The molecule has 0 amide bonds. The molecule has 10 aromatic rings. The van der Waals surface area contributed by atoms with Gasteiger partial charge in [-0.15, -0.1) is 0 Å². The Balaban J connectivity index is 1.30. The van der Waals surface area contributed by atoms with Crippen LogP contribution in [0.4, 0.5) is 0 Å². The van der Waals surface area contributed by atoms with Crippen LogP contribution in [0.15, 0.2) is 186 Å². The van der Waals surface area contributed by atoms with Crippen molar-refractivity contribution in [3.05, 3.63) is 182 Å². The third kappa shape index (κ3) is 4.47. The highest BCUT2D eigenvalue weighted by atomic mass is 16.3. The molecule has 0 N–H and O–H groups in total. The highest BCUT2D eigenvalue weighted by molar-refractivity contribution is 6.32. The Labute approximate surface area is 284 Å². The van der Waals surface area contributed by atoms with Gasteiger partial charge in [0.15, 0.2) is 0 Å². The minimum absolute atomic E-state index is 0.910. The molecule has 1 heteroatoms. The van der Waals surface area contributed by atoms with E-state index < -0.39 is 0 Å². The fourth-order valence-electron chi connectivity index (χ4n) is 7.71. The van der Waals surface area contributed by atoms with Gasteiger partial charge in [0.1, 0.15) is 11.2 Å². The van der Waals surface area contributed by atoms with Crippen molar-refractivity contribution >= 4 is 54.3 Å². The molecule has 0 spiro atoms. The quantitative estimate of drug-likeness (QED) is 0.178. The molecule has 0 aliphatic carbocycles. The molecule has 228 valence electrons. The van der Waals surface area contributed by atoms with Crippen LogP contribution in [-0.2, 0) is 0 Å². The van der Waals surface area contributed by atoms with Gasteiger partial charge in [0.2, 0.25) is 0 Å². The molecule has 0 saturated heterocycles. The number of furan rings is 1. The SMILES string of the molecule is c1ccc(-c2cccc(-c3cc(-c4cccc(-c5ccccc5)c4)c4oc5c(ccc6c7ccccc7c7ccccc7c65)c4c3)c2)cc1. The van der Waals surface area contributed by atoms with E-state index in [1.165, 1.54) is 60.1 Å². The second kappa shape index (κ2) is 11.1. The fourth-order valence-corrected chi connectivity index (χ4v) is 7.71. The maximum Gasteiger partial charge on any atom is 0.143 e. The first-order valence-electron chi connectivity index (χ1n) is 16.8. The normalized spacial score (nSPS) is 11.7. The predicted molar refractivity (Wildman–Crippen MR) is 208 cm³/mol. The van der Waals surface area contributed by atoms with Gasteiger partial charge in [-0.25, -0.2) is 0 Å². The van der Waals surface area contributed by atoms with E-state index in [1.807, 2.05) is 0 Å². The van der Waals surface area contributed by atoms with Gasteiger partial charge in [-0.3, -0.25) is 0 Å². The summed E-state index contributed by atoms with van der Waals surface area (Å²) in [5, 5.41) is 9.59. The van der Waals surface area contributed by atoms with E-state index in [2.05, 4.69) is 182 Å². The lowest BCUT2D eigenvalue weighted by atomic mass is 9.91. The van der Waals surface area contributed by atoms with Crippen LogP contribution in [0, 0.1) is 0 Å². The monoisotopic (exact) mass is 622 g/mol. The maximum absolute atomic E-state index is 7.14. The van der Waals surface area contributed by atoms with Crippen LogP contribution in [0.5, 0.6) is 0 Å². The average molecular weight is 623 g/mol. The Morgan fingerprint density at radius 3 is 1.33 bits per heavy atom. The molecule has 0 unspecified atom stereocenters. The van der Waals surface area contributed by atoms with Crippen molar-refractivity contribution in [3.63, 3.8) is 0 Å². The summed E-state index contributed by atoms with van der Waals surface area (Å²) in [4.78, 5) is 0. The minimum atomic E-state index is 0.910. The smallest absolute Gasteiger partial charge is 0.143 e. The van der Waals surface area contributed by atoms with Crippen LogP contribution >= 0.6 is 0 Å². The van der Waals surface area contributed by atoms with Crippen molar-refractivity contribution in [2.45, 2.75) is 0 Å². The molecule has 10 rings (SSSR count). The first-order chi connectivity index (χ1) is 24.3. The van der Waals surface area contributed by atoms with E-state index in [4.69, 9.17) is 4.42 Å². The Morgan fingerprint density at radius 1 is 0.245 bits per heavy atom. The summed E-state index contributed by atoms with van der Waals surface area (Å²) >= 11 is 0. The maximum atomic E-state index is 7.14. The van der Waals surface area contributed by atoms with Crippen molar-refractivity contribution in [3.8, 4) is 44.5 Å². The first-order valence-corrected chi connectivity index (χ1v) is 16.8. The minimum Gasteiger partial charge on any atom is -0.455 e. The van der Waals surface area contributed by atoms with Gasteiger partial charge < -0.3 is 4.42 Å². The van der Waals surface area contributed by atoms with Crippen molar-refractivity contribution < 1.29 is 4.42 Å². The van der Waals surface area contributed by atoms with Gasteiger partial charge >= 0.3 is 0 Å². The van der Waals surface area contributed by atoms with E-state index >= 15 is 0 Å². The van der Waals surface area contributed by atoms with Gasteiger partial charge in [0, 0.05) is 21.7 Å². The second-order valence-electron chi connectivity index (χ2n) is 12.9. The largest absolute Gasteiger partial charge is 0.455 e. The molecule has 49 heavy (non-hydrogen) atoms. The van der Waals surface area contributed by atoms with E-state index in [0.717, 1.165) is 38.6 Å². The molecule has 1 heterocycles. The highest BCUT2D eigenvalue weighted by Gasteiger charge is 2.20. The van der Waals surface area contributed by atoms with Crippen LogP contribution in [0.1, 0.15) is 0 Å². The van der Waals surface area contributed by atoms with E-state index in [9.17, 15) is 0 Å². The highest BCUT2D eigenvalue weighted by Crippen LogP contribution is 2.45. The number of hydrogen-bond donors (Lipinski definition) is 0. The lowest BCUT2D eigenvalue weighted by Gasteiger charge is -2.11. The van der Waals surface area contributed by atoms with Crippen LogP contribution in [0.3, 0.4) is 0 Å². The van der Waals surface area contributed by atoms with Gasteiger partial charge in [0.25, 0.3) is 0 Å². The van der Waals surface area contributed by atoms with Crippen molar-refractivity contribution in [1.29, 1.82) is 0 Å². The zero-order chi connectivity index (χ0) is 32.3. The zero-order valence-electron chi connectivity index (χ0n) is 26.7. The zero-order valence-corrected chi connectivity index (χ0v) is 26.7. The summed E-state index contributed by atoms with van der Waals surface area (Å²) in [5.41, 5.74) is 11.2. The van der Waals surface area contributed by atoms with Crippen LogP contribution in [0.25, 0.3) is 98.8 Å². The third-order valence-electron chi connectivity index (χ3n) is 10.0. The number of hydrogen-bond acceptors (Lipinski definition) is 1. The van der Waals surface area contributed by atoms with Crippen LogP contribution in [0.2, 0.25) is 0 Å². The predicted octanol–water partition coefficient (Wildman–Crippen LogP) is 13.7. The van der Waals surface area contributed by atoms with Gasteiger partial charge in [0.05, 0.1) is 0 Å². The van der Waals surface area contributed by atoms with Crippen LogP contribution < -0.4 is 0 Å². The first kappa shape index (κ1) is 27.7. The van der Waals surface area contributed by atoms with E-state index in [0.29, 0.717) is 0 Å². The molecule has 0 saturated carbocycles. The Kier molecular flexibility index (Phi) is 6.25.